The molecule has 1 aliphatic rings. The van der Waals surface area contributed by atoms with Gasteiger partial charge in [-0.25, -0.2) is 4.98 Å². The number of fused-ring (bicyclic) bond motifs is 1. The number of rotatable bonds is 5. The van der Waals surface area contributed by atoms with Gasteiger partial charge in [-0.1, -0.05) is 31.2 Å². The van der Waals surface area contributed by atoms with Crippen LogP contribution in [0.2, 0.25) is 0 Å². The molecule has 2 nitrogen and oxygen atoms in total. The Balaban J connectivity index is 1.72. The SMILES string of the molecule is CCNC(Cc1csc(C)n1)C1Cc2ccccc2C1. The molecule has 0 aliphatic heterocycles. The van der Waals surface area contributed by atoms with Crippen molar-refractivity contribution in [1.29, 1.82) is 0 Å². The summed E-state index contributed by atoms with van der Waals surface area (Å²) < 4.78 is 0. The fourth-order valence-corrected chi connectivity index (χ4v) is 3.90. The Labute approximate surface area is 125 Å². The third-order valence-corrected chi connectivity index (χ3v) is 5.04. The second-order valence-electron chi connectivity index (χ2n) is 5.66. The standard InChI is InChI=1S/C17H22N2S/c1-3-18-17(10-16-11-20-12(2)19-16)15-8-13-6-4-5-7-14(13)9-15/h4-7,11,15,17-18H,3,8-10H2,1-2H3. The Morgan fingerprint density at radius 2 is 2.00 bits per heavy atom. The molecule has 0 spiro atoms. The van der Waals surface area contributed by atoms with Gasteiger partial charge < -0.3 is 5.32 Å². The normalized spacial score (nSPS) is 16.3. The van der Waals surface area contributed by atoms with Crippen LogP contribution >= 0.6 is 11.3 Å². The van der Waals surface area contributed by atoms with E-state index in [1.807, 2.05) is 0 Å². The average molecular weight is 286 g/mol. The van der Waals surface area contributed by atoms with Gasteiger partial charge in [0.05, 0.1) is 10.7 Å². The first-order valence-electron chi connectivity index (χ1n) is 7.47. The molecule has 0 saturated carbocycles. The summed E-state index contributed by atoms with van der Waals surface area (Å²) in [7, 11) is 0. The molecule has 1 aromatic heterocycles. The molecule has 20 heavy (non-hydrogen) atoms. The molecular weight excluding hydrogens is 264 g/mol. The molecule has 1 aromatic carbocycles. The van der Waals surface area contributed by atoms with Crippen molar-refractivity contribution in [1.82, 2.24) is 10.3 Å². The number of aryl methyl sites for hydroxylation is 1. The smallest absolute Gasteiger partial charge is 0.0897 e. The van der Waals surface area contributed by atoms with Gasteiger partial charge in [-0.3, -0.25) is 0 Å². The maximum absolute atomic E-state index is 4.63. The van der Waals surface area contributed by atoms with Gasteiger partial charge in [0, 0.05) is 17.8 Å². The van der Waals surface area contributed by atoms with Crippen molar-refractivity contribution in [3.05, 3.63) is 51.5 Å². The van der Waals surface area contributed by atoms with E-state index in [0.29, 0.717) is 12.0 Å². The number of hydrogen-bond acceptors (Lipinski definition) is 3. The Morgan fingerprint density at radius 3 is 2.55 bits per heavy atom. The minimum Gasteiger partial charge on any atom is -0.314 e. The second-order valence-corrected chi connectivity index (χ2v) is 6.73. The molecule has 1 atom stereocenters. The summed E-state index contributed by atoms with van der Waals surface area (Å²) >= 11 is 1.76. The lowest BCUT2D eigenvalue weighted by Gasteiger charge is -2.23. The number of thiazole rings is 1. The molecule has 0 bridgehead atoms. The molecule has 1 heterocycles. The van der Waals surface area contributed by atoms with Crippen LogP contribution in [0.5, 0.6) is 0 Å². The van der Waals surface area contributed by atoms with Crippen LogP contribution in [0.4, 0.5) is 0 Å². The van der Waals surface area contributed by atoms with Crippen LogP contribution in [-0.4, -0.2) is 17.6 Å². The Morgan fingerprint density at radius 1 is 1.30 bits per heavy atom. The second kappa shape index (κ2) is 6.06. The molecular formula is C17H22N2S. The van der Waals surface area contributed by atoms with Crippen LogP contribution in [0.25, 0.3) is 0 Å². The predicted octanol–water partition coefficient (Wildman–Crippen LogP) is 3.39. The van der Waals surface area contributed by atoms with Crippen molar-refractivity contribution in [3.63, 3.8) is 0 Å². The lowest BCUT2D eigenvalue weighted by Crippen LogP contribution is -2.38. The number of likely N-dealkylation sites (N-methyl/N-ethyl adjacent to an activating group) is 1. The number of nitrogens with zero attached hydrogens (tertiary/aromatic N) is 1. The highest BCUT2D eigenvalue weighted by Gasteiger charge is 2.28. The zero-order valence-corrected chi connectivity index (χ0v) is 13.0. The highest BCUT2D eigenvalue weighted by atomic mass is 32.1. The lowest BCUT2D eigenvalue weighted by molar-refractivity contribution is 0.366. The van der Waals surface area contributed by atoms with Crippen molar-refractivity contribution < 1.29 is 0 Å². The van der Waals surface area contributed by atoms with Gasteiger partial charge in [0.1, 0.15) is 0 Å². The summed E-state index contributed by atoms with van der Waals surface area (Å²) in [6.07, 6.45) is 3.46. The molecule has 0 saturated heterocycles. The van der Waals surface area contributed by atoms with Crippen LogP contribution < -0.4 is 5.32 Å². The average Bonchev–Trinajstić information content (AvgIpc) is 3.04. The van der Waals surface area contributed by atoms with Gasteiger partial charge in [-0.15, -0.1) is 11.3 Å². The fourth-order valence-electron chi connectivity index (χ4n) is 3.27. The fraction of sp³-hybridized carbons (Fsp3) is 0.471. The van der Waals surface area contributed by atoms with Crippen LogP contribution in [0.1, 0.15) is 28.8 Å². The molecule has 3 rings (SSSR count). The summed E-state index contributed by atoms with van der Waals surface area (Å²) in [5.74, 6) is 0.703. The molecule has 0 amide bonds. The third-order valence-electron chi connectivity index (χ3n) is 4.21. The van der Waals surface area contributed by atoms with E-state index in [9.17, 15) is 0 Å². The summed E-state index contributed by atoms with van der Waals surface area (Å²) in [5.41, 5.74) is 4.32. The third kappa shape index (κ3) is 2.94. The number of nitrogens with one attached hydrogen (secondary N) is 1. The van der Waals surface area contributed by atoms with Crippen LogP contribution in [0.15, 0.2) is 29.6 Å². The minimum atomic E-state index is 0.536. The summed E-state index contributed by atoms with van der Waals surface area (Å²) in [5, 5.41) is 7.06. The molecule has 3 heteroatoms. The zero-order valence-electron chi connectivity index (χ0n) is 12.2. The van der Waals surface area contributed by atoms with Crippen molar-refractivity contribution in [2.24, 2.45) is 5.92 Å². The predicted molar refractivity (Wildman–Crippen MR) is 85.4 cm³/mol. The number of aromatic nitrogens is 1. The zero-order chi connectivity index (χ0) is 13.9. The largest absolute Gasteiger partial charge is 0.314 e. The minimum absolute atomic E-state index is 0.536. The number of benzene rings is 1. The Kier molecular flexibility index (Phi) is 4.18. The highest BCUT2D eigenvalue weighted by molar-refractivity contribution is 7.09. The molecule has 1 unspecified atom stereocenters. The van der Waals surface area contributed by atoms with Crippen LogP contribution in [0.3, 0.4) is 0 Å². The first kappa shape index (κ1) is 13.8. The molecule has 1 aliphatic carbocycles. The quantitative estimate of drug-likeness (QED) is 0.911. The van der Waals surface area contributed by atoms with Crippen LogP contribution in [0, 0.1) is 12.8 Å². The van der Waals surface area contributed by atoms with Gasteiger partial charge in [0.15, 0.2) is 0 Å². The Bertz CT molecular complexity index is 551. The molecule has 106 valence electrons. The lowest BCUT2D eigenvalue weighted by atomic mass is 9.93. The topological polar surface area (TPSA) is 24.9 Å². The molecule has 0 fully saturated rings. The van der Waals surface area contributed by atoms with E-state index in [4.69, 9.17) is 0 Å². The number of hydrogen-bond donors (Lipinski definition) is 1. The highest BCUT2D eigenvalue weighted by Crippen LogP contribution is 2.30. The van der Waals surface area contributed by atoms with Gasteiger partial charge in [0.2, 0.25) is 0 Å². The van der Waals surface area contributed by atoms with Crippen molar-refractivity contribution in [2.45, 2.75) is 39.2 Å². The summed E-state index contributed by atoms with van der Waals surface area (Å²) in [6, 6.07) is 9.42. The molecule has 0 radical (unpaired) electrons. The summed E-state index contributed by atoms with van der Waals surface area (Å²) in [4.78, 5) is 4.63. The van der Waals surface area contributed by atoms with Gasteiger partial charge in [-0.2, -0.15) is 0 Å². The van der Waals surface area contributed by atoms with Gasteiger partial charge in [0.25, 0.3) is 0 Å². The molecule has 1 N–H and O–H groups in total. The van der Waals surface area contributed by atoms with Gasteiger partial charge in [-0.05, 0) is 43.4 Å². The van der Waals surface area contributed by atoms with Gasteiger partial charge >= 0.3 is 0 Å². The monoisotopic (exact) mass is 286 g/mol. The van der Waals surface area contributed by atoms with Crippen molar-refractivity contribution in [3.8, 4) is 0 Å². The van der Waals surface area contributed by atoms with E-state index < -0.39 is 0 Å². The first-order chi connectivity index (χ1) is 9.76. The first-order valence-corrected chi connectivity index (χ1v) is 8.35. The van der Waals surface area contributed by atoms with Crippen molar-refractivity contribution >= 4 is 11.3 Å². The van der Waals surface area contributed by atoms with Crippen molar-refractivity contribution in [2.75, 3.05) is 6.54 Å². The van der Waals surface area contributed by atoms with E-state index in [1.165, 1.54) is 34.7 Å². The van der Waals surface area contributed by atoms with E-state index in [0.717, 1.165) is 13.0 Å². The molecule has 2 aromatic rings. The van der Waals surface area contributed by atoms with Crippen LogP contribution in [-0.2, 0) is 19.3 Å². The maximum Gasteiger partial charge on any atom is 0.0897 e. The maximum atomic E-state index is 4.63. The Hall–Kier alpha value is -1.19. The van der Waals surface area contributed by atoms with E-state index in [-0.39, 0.29) is 0 Å². The van der Waals surface area contributed by atoms with E-state index >= 15 is 0 Å². The van der Waals surface area contributed by atoms with E-state index in [2.05, 4.69) is 53.8 Å². The van der Waals surface area contributed by atoms with E-state index in [1.54, 1.807) is 11.3 Å². The summed E-state index contributed by atoms with van der Waals surface area (Å²) in [6.45, 7) is 5.31.